The molecule has 1 unspecified atom stereocenters. The summed E-state index contributed by atoms with van der Waals surface area (Å²) in [6, 6.07) is 0. The molecule has 0 fully saturated rings. The third-order valence-corrected chi connectivity index (χ3v) is 5.37. The van der Waals surface area contributed by atoms with E-state index >= 15 is 0 Å². The molecule has 1 amide bonds. The third kappa shape index (κ3) is 4.57. The summed E-state index contributed by atoms with van der Waals surface area (Å²) in [7, 11) is 0. The molecule has 128 valence electrons. The highest BCUT2D eigenvalue weighted by molar-refractivity contribution is 7.99. The minimum Gasteiger partial charge on any atom is -0.356 e. The van der Waals surface area contributed by atoms with Gasteiger partial charge < -0.3 is 10.2 Å². The van der Waals surface area contributed by atoms with E-state index in [1.165, 1.54) is 11.8 Å². The summed E-state index contributed by atoms with van der Waals surface area (Å²) < 4.78 is 1.63. The maximum atomic E-state index is 12.3. The van der Waals surface area contributed by atoms with Crippen LogP contribution in [0.5, 0.6) is 0 Å². The Balaban J connectivity index is 1.85. The Morgan fingerprint density at radius 2 is 2.22 bits per heavy atom. The highest BCUT2D eigenvalue weighted by Gasteiger charge is 2.26. The molecule has 1 N–H and O–H groups in total. The van der Waals surface area contributed by atoms with E-state index in [1.54, 1.807) is 17.7 Å². The molecule has 1 atom stereocenters. The number of fused-ring (bicyclic) bond motifs is 1. The lowest BCUT2D eigenvalue weighted by atomic mass is 10.1. The maximum Gasteiger partial charge on any atom is 0.257 e. The lowest BCUT2D eigenvalue weighted by molar-refractivity contribution is -0.124. The molecule has 1 aromatic rings. The van der Waals surface area contributed by atoms with Crippen LogP contribution in [0.1, 0.15) is 25.8 Å². The molecule has 1 aliphatic heterocycles. The lowest BCUT2D eigenvalue weighted by Crippen LogP contribution is -2.41. The molecule has 0 saturated heterocycles. The van der Waals surface area contributed by atoms with Crippen molar-refractivity contribution in [3.05, 3.63) is 22.1 Å². The van der Waals surface area contributed by atoms with E-state index in [1.807, 2.05) is 0 Å². The quantitative estimate of drug-likeness (QED) is 0.596. The van der Waals surface area contributed by atoms with E-state index in [2.05, 4.69) is 29.0 Å². The number of thioether (sulfide) groups is 1. The monoisotopic (exact) mass is 338 g/mol. The van der Waals surface area contributed by atoms with E-state index in [-0.39, 0.29) is 17.4 Å². The molecule has 0 spiro atoms. The van der Waals surface area contributed by atoms with Crippen molar-refractivity contribution in [2.24, 2.45) is 5.92 Å². The molecule has 1 aliphatic rings. The molecular formula is C16H26N4O2S. The first-order valence-electron chi connectivity index (χ1n) is 8.26. The first-order valence-corrected chi connectivity index (χ1v) is 9.24. The number of nitrogens with zero attached hydrogens (tertiary/aromatic N) is 3. The molecule has 2 heterocycles. The van der Waals surface area contributed by atoms with Gasteiger partial charge in [-0.2, -0.15) is 0 Å². The van der Waals surface area contributed by atoms with Gasteiger partial charge in [0.2, 0.25) is 5.91 Å². The molecule has 0 aliphatic carbocycles. The zero-order valence-corrected chi connectivity index (χ0v) is 15.0. The number of hydrogen-bond acceptors (Lipinski definition) is 5. The van der Waals surface area contributed by atoms with E-state index in [4.69, 9.17) is 0 Å². The molecule has 0 saturated carbocycles. The predicted octanol–water partition coefficient (Wildman–Crippen LogP) is 1.12. The summed E-state index contributed by atoms with van der Waals surface area (Å²) in [5.74, 6) is 0.551. The second-order valence-corrected chi connectivity index (χ2v) is 6.81. The maximum absolute atomic E-state index is 12.3. The number of rotatable bonds is 7. The Morgan fingerprint density at radius 1 is 1.48 bits per heavy atom. The van der Waals surface area contributed by atoms with Gasteiger partial charge in [0.15, 0.2) is 5.16 Å². The largest absolute Gasteiger partial charge is 0.356 e. The second-order valence-electron chi connectivity index (χ2n) is 5.82. The number of amides is 1. The lowest BCUT2D eigenvalue weighted by Gasteiger charge is -2.24. The summed E-state index contributed by atoms with van der Waals surface area (Å²) in [6.45, 7) is 10.2. The Kier molecular flexibility index (Phi) is 6.65. The number of hydrogen-bond donors (Lipinski definition) is 1. The van der Waals surface area contributed by atoms with Gasteiger partial charge in [0.25, 0.3) is 5.56 Å². The summed E-state index contributed by atoms with van der Waals surface area (Å²) in [6.07, 6.45) is 2.55. The Bertz CT molecular complexity index is 598. The molecule has 0 bridgehead atoms. The predicted molar refractivity (Wildman–Crippen MR) is 92.9 cm³/mol. The van der Waals surface area contributed by atoms with E-state index < -0.39 is 0 Å². The first kappa shape index (κ1) is 18.0. The van der Waals surface area contributed by atoms with Crippen LogP contribution < -0.4 is 10.9 Å². The third-order valence-electron chi connectivity index (χ3n) is 4.21. The average molecular weight is 338 g/mol. The van der Waals surface area contributed by atoms with Crippen molar-refractivity contribution in [3.8, 4) is 0 Å². The van der Waals surface area contributed by atoms with Gasteiger partial charge in [-0.05, 0) is 33.0 Å². The van der Waals surface area contributed by atoms with Crippen LogP contribution in [0, 0.1) is 12.8 Å². The molecule has 0 aromatic carbocycles. The highest BCUT2D eigenvalue weighted by Crippen LogP contribution is 2.24. The fraction of sp³-hybridized carbons (Fsp3) is 0.688. The molecule has 1 aromatic heterocycles. The Hall–Kier alpha value is -1.34. The zero-order valence-electron chi connectivity index (χ0n) is 14.2. The number of nitrogens with one attached hydrogen (secondary N) is 1. The van der Waals surface area contributed by atoms with Gasteiger partial charge in [-0.1, -0.05) is 25.6 Å². The van der Waals surface area contributed by atoms with Crippen LogP contribution in [-0.2, 0) is 11.3 Å². The van der Waals surface area contributed by atoms with Gasteiger partial charge in [0.05, 0.1) is 5.92 Å². The number of carbonyl (C=O) groups excluding carboxylic acids is 1. The number of aromatic nitrogens is 2. The highest BCUT2D eigenvalue weighted by atomic mass is 32.2. The number of carbonyl (C=O) groups is 1. The average Bonchev–Trinajstić information content (AvgIpc) is 2.58. The fourth-order valence-electron chi connectivity index (χ4n) is 2.66. The van der Waals surface area contributed by atoms with Crippen LogP contribution in [0.2, 0.25) is 0 Å². The van der Waals surface area contributed by atoms with Crippen molar-refractivity contribution in [1.82, 2.24) is 19.8 Å². The topological polar surface area (TPSA) is 67.2 Å². The summed E-state index contributed by atoms with van der Waals surface area (Å²) >= 11 is 1.48. The summed E-state index contributed by atoms with van der Waals surface area (Å²) in [5, 5.41) is 3.72. The molecule has 23 heavy (non-hydrogen) atoms. The van der Waals surface area contributed by atoms with Crippen LogP contribution in [0.3, 0.4) is 0 Å². The smallest absolute Gasteiger partial charge is 0.257 e. The van der Waals surface area contributed by atoms with E-state index in [9.17, 15) is 9.59 Å². The van der Waals surface area contributed by atoms with Crippen LogP contribution in [-0.4, -0.2) is 52.3 Å². The minimum atomic E-state index is -0.165. The van der Waals surface area contributed by atoms with Crippen LogP contribution in [0.4, 0.5) is 0 Å². The summed E-state index contributed by atoms with van der Waals surface area (Å²) in [5.41, 5.74) is 0.580. The Morgan fingerprint density at radius 3 is 2.91 bits per heavy atom. The van der Waals surface area contributed by atoms with E-state index in [0.717, 1.165) is 26.1 Å². The molecule has 6 nitrogen and oxygen atoms in total. The van der Waals surface area contributed by atoms with Crippen molar-refractivity contribution >= 4 is 17.7 Å². The van der Waals surface area contributed by atoms with Gasteiger partial charge in [-0.3, -0.25) is 14.2 Å². The summed E-state index contributed by atoms with van der Waals surface area (Å²) in [4.78, 5) is 31.1. The van der Waals surface area contributed by atoms with Crippen molar-refractivity contribution in [3.63, 3.8) is 0 Å². The van der Waals surface area contributed by atoms with Gasteiger partial charge in [-0.15, -0.1) is 0 Å². The van der Waals surface area contributed by atoms with Crippen LogP contribution >= 0.6 is 11.8 Å². The van der Waals surface area contributed by atoms with Gasteiger partial charge in [0, 0.05) is 30.6 Å². The van der Waals surface area contributed by atoms with Gasteiger partial charge in [0.1, 0.15) is 0 Å². The molecule has 0 radical (unpaired) electrons. The minimum absolute atomic E-state index is 0.0381. The Labute approximate surface area is 141 Å². The van der Waals surface area contributed by atoms with Crippen LogP contribution in [0.15, 0.2) is 16.1 Å². The zero-order chi connectivity index (χ0) is 16.8. The van der Waals surface area contributed by atoms with Gasteiger partial charge in [-0.25, -0.2) is 4.98 Å². The SMILES string of the molecule is CCN(CC)CCCNC(=O)C1CSc2ncc(C)c(=O)n2C1. The molecule has 7 heteroatoms. The van der Waals surface area contributed by atoms with Gasteiger partial charge >= 0.3 is 0 Å². The van der Waals surface area contributed by atoms with Crippen molar-refractivity contribution in [2.45, 2.75) is 38.9 Å². The standard InChI is InChI=1S/C16H26N4O2S/c1-4-19(5-2)8-6-7-17-14(21)13-10-20-15(22)12(3)9-18-16(20)23-11-13/h9,13H,4-8,10-11H2,1-3H3,(H,17,21). The molecule has 2 rings (SSSR count). The second kappa shape index (κ2) is 8.49. The fourth-order valence-corrected chi connectivity index (χ4v) is 3.71. The first-order chi connectivity index (χ1) is 11.1. The number of aryl methyl sites for hydroxylation is 1. The van der Waals surface area contributed by atoms with Crippen molar-refractivity contribution in [1.29, 1.82) is 0 Å². The van der Waals surface area contributed by atoms with Crippen molar-refractivity contribution in [2.75, 3.05) is 31.9 Å². The van der Waals surface area contributed by atoms with E-state index in [0.29, 0.717) is 29.6 Å². The molecular weight excluding hydrogens is 312 g/mol. The normalized spacial score (nSPS) is 17.1. The van der Waals surface area contributed by atoms with Crippen LogP contribution in [0.25, 0.3) is 0 Å². The van der Waals surface area contributed by atoms with Crippen molar-refractivity contribution < 1.29 is 4.79 Å².